The first kappa shape index (κ1) is 14.2. The minimum Gasteiger partial charge on any atom is -0.376 e. The van der Waals surface area contributed by atoms with Crippen molar-refractivity contribution in [1.82, 2.24) is 5.32 Å². The third-order valence-corrected chi connectivity index (χ3v) is 3.82. The number of para-hydroxylation sites is 2. The van der Waals surface area contributed by atoms with Crippen LogP contribution in [0.3, 0.4) is 0 Å². The number of hydrogen-bond donors (Lipinski definition) is 1. The van der Waals surface area contributed by atoms with Crippen molar-refractivity contribution in [1.29, 1.82) is 0 Å². The second-order valence-electron chi connectivity index (χ2n) is 5.62. The van der Waals surface area contributed by atoms with E-state index in [0.717, 1.165) is 19.6 Å². The van der Waals surface area contributed by atoms with E-state index in [1.807, 2.05) is 0 Å². The summed E-state index contributed by atoms with van der Waals surface area (Å²) in [5.74, 6) is 0. The molecule has 1 fully saturated rings. The van der Waals surface area contributed by atoms with Gasteiger partial charge in [0.25, 0.3) is 0 Å². The van der Waals surface area contributed by atoms with Crippen LogP contribution in [-0.4, -0.2) is 39.8 Å². The monoisotopic (exact) mass is 261 g/mol. The molecule has 1 atom stereocenters. The van der Waals surface area contributed by atoms with Crippen molar-refractivity contribution in [3.8, 4) is 0 Å². The lowest BCUT2D eigenvalue weighted by atomic mass is 10.1. The van der Waals surface area contributed by atoms with Gasteiger partial charge in [-0.1, -0.05) is 25.5 Å². The first-order valence-corrected chi connectivity index (χ1v) is 7.47. The summed E-state index contributed by atoms with van der Waals surface area (Å²) in [4.78, 5) is 4.76. The zero-order chi connectivity index (χ0) is 13.7. The van der Waals surface area contributed by atoms with Gasteiger partial charge in [-0.3, -0.25) is 0 Å². The van der Waals surface area contributed by atoms with Crippen molar-refractivity contribution >= 4 is 11.4 Å². The van der Waals surface area contributed by atoms with Gasteiger partial charge in [-0.25, -0.2) is 0 Å². The minimum atomic E-state index is 0.628. The molecule has 0 aromatic heterocycles. The predicted molar refractivity (Wildman–Crippen MR) is 84.3 cm³/mol. The van der Waals surface area contributed by atoms with Crippen molar-refractivity contribution < 1.29 is 0 Å². The molecule has 19 heavy (non-hydrogen) atoms. The van der Waals surface area contributed by atoms with E-state index < -0.39 is 0 Å². The highest BCUT2D eigenvalue weighted by Gasteiger charge is 2.19. The third-order valence-electron chi connectivity index (χ3n) is 3.82. The number of hydrogen-bond acceptors (Lipinski definition) is 3. The summed E-state index contributed by atoms with van der Waals surface area (Å²) >= 11 is 0. The summed E-state index contributed by atoms with van der Waals surface area (Å²) < 4.78 is 0. The molecule has 0 saturated carbocycles. The van der Waals surface area contributed by atoms with Crippen LogP contribution in [0.2, 0.25) is 0 Å². The van der Waals surface area contributed by atoms with E-state index in [2.05, 4.69) is 60.4 Å². The Bertz CT molecular complexity index is 389. The average molecular weight is 261 g/mol. The van der Waals surface area contributed by atoms with Gasteiger partial charge in [0.2, 0.25) is 0 Å². The molecule has 1 saturated heterocycles. The highest BCUT2D eigenvalue weighted by atomic mass is 15.2. The van der Waals surface area contributed by atoms with E-state index in [1.165, 1.54) is 30.6 Å². The van der Waals surface area contributed by atoms with Gasteiger partial charge in [0.05, 0.1) is 11.4 Å². The van der Waals surface area contributed by atoms with E-state index in [1.54, 1.807) is 0 Å². The van der Waals surface area contributed by atoms with E-state index >= 15 is 0 Å². The van der Waals surface area contributed by atoms with Gasteiger partial charge in [-0.15, -0.1) is 0 Å². The first-order valence-electron chi connectivity index (χ1n) is 7.47. The molecule has 1 aliphatic rings. The van der Waals surface area contributed by atoms with Crippen LogP contribution in [0.5, 0.6) is 0 Å². The smallest absolute Gasteiger partial charge is 0.0604 e. The molecule has 1 unspecified atom stereocenters. The fraction of sp³-hybridized carbons (Fsp3) is 0.625. The van der Waals surface area contributed by atoms with Crippen molar-refractivity contribution in [2.24, 2.45) is 0 Å². The Morgan fingerprint density at radius 3 is 2.84 bits per heavy atom. The van der Waals surface area contributed by atoms with Crippen molar-refractivity contribution in [2.75, 3.05) is 43.5 Å². The Labute approximate surface area is 117 Å². The molecule has 3 heteroatoms. The molecule has 1 aliphatic heterocycles. The topological polar surface area (TPSA) is 18.5 Å². The lowest BCUT2D eigenvalue weighted by molar-refractivity contribution is 0.502. The van der Waals surface area contributed by atoms with Crippen LogP contribution in [0.4, 0.5) is 11.4 Å². The molecule has 0 aliphatic carbocycles. The van der Waals surface area contributed by atoms with Crippen molar-refractivity contribution in [2.45, 2.75) is 32.2 Å². The predicted octanol–water partition coefficient (Wildman–Crippen LogP) is 2.72. The lowest BCUT2D eigenvalue weighted by Crippen LogP contribution is -2.38. The standard InChI is InChI=1S/C16H27N3/c1-4-8-14-13-19(12-7-11-17-14)16-10-6-5-9-15(16)18(2)3/h5-6,9-10,14,17H,4,7-8,11-13H2,1-3H3. The summed E-state index contributed by atoms with van der Waals surface area (Å²) in [6, 6.07) is 9.36. The van der Waals surface area contributed by atoms with Gasteiger partial charge in [0.1, 0.15) is 0 Å². The summed E-state index contributed by atoms with van der Waals surface area (Å²) in [6.07, 6.45) is 3.74. The number of anilines is 2. The van der Waals surface area contributed by atoms with E-state index in [-0.39, 0.29) is 0 Å². The number of benzene rings is 1. The molecule has 0 radical (unpaired) electrons. The van der Waals surface area contributed by atoms with E-state index in [9.17, 15) is 0 Å². The highest BCUT2D eigenvalue weighted by Crippen LogP contribution is 2.28. The molecule has 106 valence electrons. The first-order chi connectivity index (χ1) is 9.22. The SMILES string of the molecule is CCCC1CN(c2ccccc2N(C)C)CCCN1. The van der Waals surface area contributed by atoms with E-state index in [4.69, 9.17) is 0 Å². The third kappa shape index (κ3) is 3.63. The quantitative estimate of drug-likeness (QED) is 0.899. The fourth-order valence-electron chi connectivity index (χ4n) is 2.87. The van der Waals surface area contributed by atoms with Crippen LogP contribution in [0.1, 0.15) is 26.2 Å². The number of nitrogens with one attached hydrogen (secondary N) is 1. The molecule has 1 N–H and O–H groups in total. The Balaban J connectivity index is 2.19. The van der Waals surface area contributed by atoms with Crippen molar-refractivity contribution in [3.05, 3.63) is 24.3 Å². The van der Waals surface area contributed by atoms with Crippen LogP contribution in [-0.2, 0) is 0 Å². The molecule has 0 bridgehead atoms. The maximum absolute atomic E-state index is 3.68. The number of nitrogens with zero attached hydrogens (tertiary/aromatic N) is 2. The summed E-state index contributed by atoms with van der Waals surface area (Å²) in [5.41, 5.74) is 2.69. The highest BCUT2D eigenvalue weighted by molar-refractivity contribution is 5.70. The molecular weight excluding hydrogens is 234 g/mol. The van der Waals surface area contributed by atoms with Crippen LogP contribution in [0, 0.1) is 0 Å². The Morgan fingerprint density at radius 1 is 1.32 bits per heavy atom. The molecule has 2 rings (SSSR count). The second-order valence-corrected chi connectivity index (χ2v) is 5.62. The normalized spacial score (nSPS) is 20.2. The Morgan fingerprint density at radius 2 is 2.11 bits per heavy atom. The van der Waals surface area contributed by atoms with Gasteiger partial charge >= 0.3 is 0 Å². The van der Waals surface area contributed by atoms with Crippen LogP contribution < -0.4 is 15.1 Å². The van der Waals surface area contributed by atoms with Gasteiger partial charge in [-0.2, -0.15) is 0 Å². The molecule has 1 aromatic carbocycles. The zero-order valence-corrected chi connectivity index (χ0v) is 12.5. The zero-order valence-electron chi connectivity index (χ0n) is 12.5. The Hall–Kier alpha value is -1.22. The molecule has 1 heterocycles. The minimum absolute atomic E-state index is 0.628. The fourth-order valence-corrected chi connectivity index (χ4v) is 2.87. The maximum Gasteiger partial charge on any atom is 0.0604 e. The van der Waals surface area contributed by atoms with E-state index in [0.29, 0.717) is 6.04 Å². The van der Waals surface area contributed by atoms with Crippen LogP contribution in [0.15, 0.2) is 24.3 Å². The van der Waals surface area contributed by atoms with Crippen molar-refractivity contribution in [3.63, 3.8) is 0 Å². The largest absolute Gasteiger partial charge is 0.376 e. The van der Waals surface area contributed by atoms with Gasteiger partial charge in [0, 0.05) is 33.2 Å². The van der Waals surface area contributed by atoms with Gasteiger partial charge in [-0.05, 0) is 31.5 Å². The molecule has 3 nitrogen and oxygen atoms in total. The lowest BCUT2D eigenvalue weighted by Gasteiger charge is -2.30. The molecule has 0 spiro atoms. The second kappa shape index (κ2) is 6.80. The van der Waals surface area contributed by atoms with Crippen LogP contribution in [0.25, 0.3) is 0 Å². The summed E-state index contributed by atoms with van der Waals surface area (Å²) in [6.45, 7) is 5.69. The Kier molecular flexibility index (Phi) is 5.08. The molecule has 0 amide bonds. The molecular formula is C16H27N3. The van der Waals surface area contributed by atoms with Gasteiger partial charge in [0.15, 0.2) is 0 Å². The van der Waals surface area contributed by atoms with Gasteiger partial charge < -0.3 is 15.1 Å². The number of rotatable bonds is 4. The average Bonchev–Trinajstić information content (AvgIpc) is 2.65. The summed E-state index contributed by atoms with van der Waals surface area (Å²) in [5, 5.41) is 3.68. The molecule has 1 aromatic rings. The summed E-state index contributed by atoms with van der Waals surface area (Å²) in [7, 11) is 4.25. The van der Waals surface area contributed by atoms with Crippen LogP contribution >= 0.6 is 0 Å². The maximum atomic E-state index is 3.68.